The summed E-state index contributed by atoms with van der Waals surface area (Å²) in [6.07, 6.45) is 3.95. The number of rotatable bonds is 3. The van der Waals surface area contributed by atoms with Crippen molar-refractivity contribution in [1.29, 1.82) is 0 Å². The van der Waals surface area contributed by atoms with E-state index < -0.39 is 0 Å². The maximum atomic E-state index is 3.76. The SMILES string of the molecule is C[C@@H](NC1CCC(C)(C)C1)c1cccc(Br)c1. The van der Waals surface area contributed by atoms with Gasteiger partial charge < -0.3 is 5.32 Å². The van der Waals surface area contributed by atoms with Crippen molar-refractivity contribution in [2.45, 2.75) is 52.1 Å². The van der Waals surface area contributed by atoms with Crippen LogP contribution in [0.1, 0.15) is 51.6 Å². The molecule has 0 bridgehead atoms. The van der Waals surface area contributed by atoms with Crippen molar-refractivity contribution in [2.75, 3.05) is 0 Å². The highest BCUT2D eigenvalue weighted by molar-refractivity contribution is 9.10. The van der Waals surface area contributed by atoms with E-state index in [-0.39, 0.29) is 0 Å². The zero-order chi connectivity index (χ0) is 12.5. The molecular weight excluding hydrogens is 274 g/mol. The zero-order valence-electron chi connectivity index (χ0n) is 11.0. The molecule has 2 atom stereocenters. The molecule has 0 spiro atoms. The summed E-state index contributed by atoms with van der Waals surface area (Å²) in [5.41, 5.74) is 1.89. The third-order valence-corrected chi connectivity index (χ3v) is 4.30. The molecule has 17 heavy (non-hydrogen) atoms. The van der Waals surface area contributed by atoms with Crippen molar-refractivity contribution >= 4 is 15.9 Å². The Labute approximate surface area is 113 Å². The number of benzene rings is 1. The predicted molar refractivity (Wildman–Crippen MR) is 77.1 cm³/mol. The van der Waals surface area contributed by atoms with Gasteiger partial charge in [0.05, 0.1) is 0 Å². The lowest BCUT2D eigenvalue weighted by Gasteiger charge is -2.22. The van der Waals surface area contributed by atoms with Gasteiger partial charge in [-0.25, -0.2) is 0 Å². The molecule has 1 fully saturated rings. The summed E-state index contributed by atoms with van der Waals surface area (Å²) in [6, 6.07) is 9.70. The van der Waals surface area contributed by atoms with Crippen molar-refractivity contribution in [3.63, 3.8) is 0 Å². The van der Waals surface area contributed by atoms with Gasteiger partial charge in [0, 0.05) is 16.6 Å². The molecule has 0 amide bonds. The van der Waals surface area contributed by atoms with Gasteiger partial charge >= 0.3 is 0 Å². The zero-order valence-corrected chi connectivity index (χ0v) is 12.5. The normalized spacial score (nSPS) is 24.8. The van der Waals surface area contributed by atoms with Crippen LogP contribution in [0.4, 0.5) is 0 Å². The van der Waals surface area contributed by atoms with Crippen LogP contribution in [-0.4, -0.2) is 6.04 Å². The van der Waals surface area contributed by atoms with Crippen molar-refractivity contribution in [2.24, 2.45) is 5.41 Å². The molecule has 0 aliphatic heterocycles. The third-order valence-electron chi connectivity index (χ3n) is 3.80. The Balaban J connectivity index is 1.96. The van der Waals surface area contributed by atoms with Crippen LogP contribution >= 0.6 is 15.9 Å². The van der Waals surface area contributed by atoms with Crippen molar-refractivity contribution in [3.8, 4) is 0 Å². The van der Waals surface area contributed by atoms with Gasteiger partial charge in [0.1, 0.15) is 0 Å². The first-order valence-electron chi connectivity index (χ1n) is 6.48. The molecule has 1 aliphatic rings. The van der Waals surface area contributed by atoms with Crippen molar-refractivity contribution in [1.82, 2.24) is 5.32 Å². The molecule has 1 unspecified atom stereocenters. The van der Waals surface area contributed by atoms with Crippen LogP contribution in [0.15, 0.2) is 28.7 Å². The summed E-state index contributed by atoms with van der Waals surface area (Å²) < 4.78 is 1.16. The van der Waals surface area contributed by atoms with E-state index in [0.717, 1.165) is 4.47 Å². The molecule has 1 N–H and O–H groups in total. The van der Waals surface area contributed by atoms with Crippen LogP contribution in [0, 0.1) is 5.41 Å². The van der Waals surface area contributed by atoms with E-state index >= 15 is 0 Å². The second-order valence-corrected chi connectivity index (χ2v) is 6.96. The van der Waals surface area contributed by atoms with Crippen LogP contribution < -0.4 is 5.32 Å². The lowest BCUT2D eigenvalue weighted by atomic mass is 9.91. The molecule has 94 valence electrons. The van der Waals surface area contributed by atoms with Gasteiger partial charge in [0.15, 0.2) is 0 Å². The van der Waals surface area contributed by atoms with Gasteiger partial charge in [-0.15, -0.1) is 0 Å². The maximum absolute atomic E-state index is 3.76. The van der Waals surface area contributed by atoms with E-state index in [1.54, 1.807) is 0 Å². The van der Waals surface area contributed by atoms with E-state index in [1.807, 2.05) is 0 Å². The number of hydrogen-bond acceptors (Lipinski definition) is 1. The monoisotopic (exact) mass is 295 g/mol. The van der Waals surface area contributed by atoms with Crippen LogP contribution in [0.3, 0.4) is 0 Å². The van der Waals surface area contributed by atoms with Gasteiger partial charge in [-0.3, -0.25) is 0 Å². The summed E-state index contributed by atoms with van der Waals surface area (Å²) in [7, 11) is 0. The summed E-state index contributed by atoms with van der Waals surface area (Å²) in [5, 5.41) is 3.76. The molecule has 2 rings (SSSR count). The summed E-state index contributed by atoms with van der Waals surface area (Å²) in [4.78, 5) is 0. The predicted octanol–water partition coefficient (Wildman–Crippen LogP) is 4.68. The average Bonchev–Trinajstić information content (AvgIpc) is 2.58. The minimum absolute atomic E-state index is 0.436. The third kappa shape index (κ3) is 3.56. The highest BCUT2D eigenvalue weighted by Gasteiger charge is 2.31. The summed E-state index contributed by atoms with van der Waals surface area (Å²) in [5.74, 6) is 0. The summed E-state index contributed by atoms with van der Waals surface area (Å²) in [6.45, 7) is 7.00. The Morgan fingerprint density at radius 3 is 2.76 bits per heavy atom. The topological polar surface area (TPSA) is 12.0 Å². The number of halogens is 1. The fraction of sp³-hybridized carbons (Fsp3) is 0.600. The van der Waals surface area contributed by atoms with Crippen molar-refractivity contribution < 1.29 is 0 Å². The van der Waals surface area contributed by atoms with Gasteiger partial charge in [0.25, 0.3) is 0 Å². The van der Waals surface area contributed by atoms with E-state index in [9.17, 15) is 0 Å². The largest absolute Gasteiger partial charge is 0.307 e. The van der Waals surface area contributed by atoms with E-state index in [1.165, 1.54) is 24.8 Å². The Morgan fingerprint density at radius 2 is 2.18 bits per heavy atom. The van der Waals surface area contributed by atoms with Crippen molar-refractivity contribution in [3.05, 3.63) is 34.3 Å². The molecule has 0 aromatic heterocycles. The van der Waals surface area contributed by atoms with Crippen LogP contribution in [0.25, 0.3) is 0 Å². The Morgan fingerprint density at radius 1 is 1.41 bits per heavy atom. The Kier molecular flexibility index (Phi) is 3.94. The highest BCUT2D eigenvalue weighted by atomic mass is 79.9. The quantitative estimate of drug-likeness (QED) is 0.854. The van der Waals surface area contributed by atoms with Gasteiger partial charge in [0.2, 0.25) is 0 Å². The lowest BCUT2D eigenvalue weighted by molar-refractivity contribution is 0.356. The molecular formula is C15H22BrN. The van der Waals surface area contributed by atoms with E-state index in [0.29, 0.717) is 17.5 Å². The first-order chi connectivity index (χ1) is 7.96. The van der Waals surface area contributed by atoms with Gasteiger partial charge in [-0.2, -0.15) is 0 Å². The fourth-order valence-electron chi connectivity index (χ4n) is 2.80. The van der Waals surface area contributed by atoms with E-state index in [2.05, 4.69) is 66.3 Å². The van der Waals surface area contributed by atoms with Gasteiger partial charge in [-0.1, -0.05) is 41.9 Å². The molecule has 1 aliphatic carbocycles. The molecule has 2 heteroatoms. The smallest absolute Gasteiger partial charge is 0.0294 e. The minimum Gasteiger partial charge on any atom is -0.307 e. The van der Waals surface area contributed by atoms with Gasteiger partial charge in [-0.05, 0) is 49.3 Å². The molecule has 1 saturated carbocycles. The highest BCUT2D eigenvalue weighted by Crippen LogP contribution is 2.37. The first-order valence-corrected chi connectivity index (χ1v) is 7.27. The first kappa shape index (κ1) is 13.1. The lowest BCUT2D eigenvalue weighted by Crippen LogP contribution is -2.30. The summed E-state index contributed by atoms with van der Waals surface area (Å²) >= 11 is 3.53. The number of hydrogen-bond donors (Lipinski definition) is 1. The van der Waals surface area contributed by atoms with Crippen LogP contribution in [-0.2, 0) is 0 Å². The fourth-order valence-corrected chi connectivity index (χ4v) is 3.22. The molecule has 0 saturated heterocycles. The second-order valence-electron chi connectivity index (χ2n) is 6.05. The standard InChI is InChI=1S/C15H22BrN/c1-11(12-5-4-6-13(16)9-12)17-14-7-8-15(2,3)10-14/h4-6,9,11,14,17H,7-8,10H2,1-3H3/t11-,14?/m1/s1. The van der Waals surface area contributed by atoms with Crippen LogP contribution in [0.5, 0.6) is 0 Å². The molecule has 1 aromatic rings. The molecule has 1 aromatic carbocycles. The average molecular weight is 296 g/mol. The Hall–Kier alpha value is -0.340. The molecule has 0 heterocycles. The van der Waals surface area contributed by atoms with Crippen LogP contribution in [0.2, 0.25) is 0 Å². The Bertz CT molecular complexity index is 386. The second kappa shape index (κ2) is 5.11. The minimum atomic E-state index is 0.436. The number of nitrogens with one attached hydrogen (secondary N) is 1. The maximum Gasteiger partial charge on any atom is 0.0294 e. The van der Waals surface area contributed by atoms with E-state index in [4.69, 9.17) is 0 Å². The molecule has 1 nitrogen and oxygen atoms in total. The molecule has 0 radical (unpaired) electrons.